The Morgan fingerprint density at radius 1 is 0.941 bits per heavy atom. The van der Waals surface area contributed by atoms with Gasteiger partial charge in [0.1, 0.15) is 0 Å². The molecule has 34 heavy (non-hydrogen) atoms. The molecule has 0 saturated carbocycles. The maximum atomic E-state index is 12.9. The minimum atomic E-state index is -3.47. The van der Waals surface area contributed by atoms with Gasteiger partial charge >= 0.3 is 0 Å². The summed E-state index contributed by atoms with van der Waals surface area (Å²) in [5, 5.41) is 3.01. The average molecular weight is 487 g/mol. The number of amides is 1. The molecule has 1 N–H and O–H groups in total. The number of aryl methyl sites for hydroxylation is 1. The molecule has 0 spiro atoms. The number of hydrogen-bond donors (Lipinski definition) is 1. The van der Waals surface area contributed by atoms with Crippen molar-refractivity contribution in [2.75, 3.05) is 65.6 Å². The van der Waals surface area contributed by atoms with Gasteiger partial charge < -0.3 is 10.1 Å². The lowest BCUT2D eigenvalue weighted by molar-refractivity contribution is 0.0383. The number of nitrogens with one attached hydrogen (secondary N) is 1. The number of ether oxygens (including phenoxy) is 1. The zero-order valence-electron chi connectivity index (χ0n) is 19.8. The van der Waals surface area contributed by atoms with E-state index in [4.69, 9.17) is 4.74 Å². The monoisotopic (exact) mass is 486 g/mol. The lowest BCUT2D eigenvalue weighted by atomic mass is 10.1. The van der Waals surface area contributed by atoms with Crippen LogP contribution in [0.15, 0.2) is 53.4 Å². The van der Waals surface area contributed by atoms with E-state index in [9.17, 15) is 13.2 Å². The molecule has 2 saturated heterocycles. The number of sulfonamides is 1. The fourth-order valence-electron chi connectivity index (χ4n) is 4.31. The molecule has 0 radical (unpaired) electrons. The fourth-order valence-corrected chi connectivity index (χ4v) is 5.73. The summed E-state index contributed by atoms with van der Waals surface area (Å²) in [7, 11) is -3.47. The Hall–Kier alpha value is -2.30. The Balaban J connectivity index is 1.26. The van der Waals surface area contributed by atoms with Crippen LogP contribution in [-0.2, 0) is 21.3 Å². The molecule has 2 aliphatic rings. The standard InChI is InChI=1S/C25H34N4O4S/c1-21-5-7-24(8-6-21)34(31,32)29-13-11-28(12-14-29)20-22-3-2-4-23(19-22)25(30)26-9-10-27-15-17-33-18-16-27/h2-8,19H,9-18,20H2,1H3,(H,26,30). The first-order chi connectivity index (χ1) is 16.4. The molecule has 2 aromatic carbocycles. The minimum absolute atomic E-state index is 0.0656. The number of piperazine rings is 1. The molecule has 0 aliphatic carbocycles. The highest BCUT2D eigenvalue weighted by atomic mass is 32.2. The predicted molar refractivity (Wildman–Crippen MR) is 131 cm³/mol. The second kappa shape index (κ2) is 11.4. The van der Waals surface area contributed by atoms with E-state index in [1.807, 2.05) is 43.3 Å². The number of nitrogens with zero attached hydrogens (tertiary/aromatic N) is 3. The van der Waals surface area contributed by atoms with Gasteiger partial charge in [0.05, 0.1) is 18.1 Å². The first kappa shape index (κ1) is 24.8. The summed E-state index contributed by atoms with van der Waals surface area (Å²) < 4.78 is 32.8. The van der Waals surface area contributed by atoms with Gasteiger partial charge in [-0.15, -0.1) is 0 Å². The summed E-state index contributed by atoms with van der Waals surface area (Å²) in [6, 6.07) is 14.7. The second-order valence-electron chi connectivity index (χ2n) is 8.90. The van der Waals surface area contributed by atoms with Crippen LogP contribution >= 0.6 is 0 Å². The van der Waals surface area contributed by atoms with Gasteiger partial charge in [0.2, 0.25) is 10.0 Å². The SMILES string of the molecule is Cc1ccc(S(=O)(=O)N2CCN(Cc3cccc(C(=O)NCCN4CCOCC4)c3)CC2)cc1. The predicted octanol–water partition coefficient (Wildman–Crippen LogP) is 1.56. The van der Waals surface area contributed by atoms with Crippen LogP contribution in [0.25, 0.3) is 0 Å². The molecular formula is C25H34N4O4S. The number of benzene rings is 2. The van der Waals surface area contributed by atoms with Gasteiger partial charge in [-0.1, -0.05) is 29.8 Å². The summed E-state index contributed by atoms with van der Waals surface area (Å²) in [5.41, 5.74) is 2.74. The molecule has 1 amide bonds. The number of carbonyl (C=O) groups excluding carboxylic acids is 1. The zero-order chi connectivity index (χ0) is 24.0. The highest BCUT2D eigenvalue weighted by Gasteiger charge is 2.28. The van der Waals surface area contributed by atoms with Crippen molar-refractivity contribution in [3.63, 3.8) is 0 Å². The van der Waals surface area contributed by atoms with Crippen LogP contribution in [0.4, 0.5) is 0 Å². The first-order valence-electron chi connectivity index (χ1n) is 11.9. The number of rotatable bonds is 8. The molecule has 184 valence electrons. The molecule has 0 unspecified atom stereocenters. The van der Waals surface area contributed by atoms with Crippen molar-refractivity contribution in [3.8, 4) is 0 Å². The summed E-state index contributed by atoms with van der Waals surface area (Å²) in [6.07, 6.45) is 0. The Kier molecular flexibility index (Phi) is 8.33. The smallest absolute Gasteiger partial charge is 0.251 e. The minimum Gasteiger partial charge on any atom is -0.379 e. The lowest BCUT2D eigenvalue weighted by Crippen LogP contribution is -2.48. The van der Waals surface area contributed by atoms with E-state index in [0.717, 1.165) is 44.0 Å². The summed E-state index contributed by atoms with van der Waals surface area (Å²) in [6.45, 7) is 9.61. The average Bonchev–Trinajstić information content (AvgIpc) is 2.85. The van der Waals surface area contributed by atoms with Crippen molar-refractivity contribution in [3.05, 3.63) is 65.2 Å². The molecule has 2 heterocycles. The number of hydrogen-bond acceptors (Lipinski definition) is 6. The molecule has 2 aliphatic heterocycles. The fraction of sp³-hybridized carbons (Fsp3) is 0.480. The molecule has 4 rings (SSSR count). The van der Waals surface area contributed by atoms with Crippen molar-refractivity contribution in [2.24, 2.45) is 0 Å². The van der Waals surface area contributed by atoms with E-state index in [1.54, 1.807) is 16.4 Å². The zero-order valence-corrected chi connectivity index (χ0v) is 20.6. The van der Waals surface area contributed by atoms with Crippen molar-refractivity contribution in [2.45, 2.75) is 18.4 Å². The van der Waals surface area contributed by atoms with E-state index in [0.29, 0.717) is 49.7 Å². The third-order valence-electron chi connectivity index (χ3n) is 6.40. The second-order valence-corrected chi connectivity index (χ2v) is 10.8. The molecule has 9 heteroatoms. The highest BCUT2D eigenvalue weighted by molar-refractivity contribution is 7.89. The lowest BCUT2D eigenvalue weighted by Gasteiger charge is -2.34. The molecule has 0 aromatic heterocycles. The number of morpholine rings is 1. The Bertz CT molecular complexity index is 1060. The van der Waals surface area contributed by atoms with Gasteiger partial charge in [-0.3, -0.25) is 14.6 Å². The summed E-state index contributed by atoms with van der Waals surface area (Å²) in [5.74, 6) is -0.0656. The van der Waals surface area contributed by atoms with Crippen LogP contribution in [0, 0.1) is 6.92 Å². The molecule has 2 aromatic rings. The van der Waals surface area contributed by atoms with Gasteiger partial charge in [-0.2, -0.15) is 4.31 Å². The van der Waals surface area contributed by atoms with Gasteiger partial charge in [0, 0.05) is 64.5 Å². The number of carbonyl (C=O) groups is 1. The van der Waals surface area contributed by atoms with Crippen LogP contribution in [0.3, 0.4) is 0 Å². The van der Waals surface area contributed by atoms with Crippen LogP contribution in [-0.4, -0.2) is 94.0 Å². The summed E-state index contributed by atoms with van der Waals surface area (Å²) in [4.78, 5) is 17.5. The van der Waals surface area contributed by atoms with Gasteiger partial charge in [-0.25, -0.2) is 8.42 Å². The van der Waals surface area contributed by atoms with E-state index < -0.39 is 10.0 Å². The summed E-state index contributed by atoms with van der Waals surface area (Å²) >= 11 is 0. The van der Waals surface area contributed by atoms with Crippen LogP contribution in [0.5, 0.6) is 0 Å². The molecule has 0 bridgehead atoms. The van der Waals surface area contributed by atoms with Crippen molar-refractivity contribution in [1.82, 2.24) is 19.4 Å². The molecule has 8 nitrogen and oxygen atoms in total. The van der Waals surface area contributed by atoms with Crippen molar-refractivity contribution >= 4 is 15.9 Å². The van der Waals surface area contributed by atoms with Crippen molar-refractivity contribution < 1.29 is 17.9 Å². The third-order valence-corrected chi connectivity index (χ3v) is 8.32. The van der Waals surface area contributed by atoms with Gasteiger partial charge in [0.25, 0.3) is 5.91 Å². The van der Waals surface area contributed by atoms with Gasteiger partial charge in [-0.05, 0) is 36.8 Å². The van der Waals surface area contributed by atoms with Crippen molar-refractivity contribution in [1.29, 1.82) is 0 Å². The normalized spacial score (nSPS) is 18.6. The Morgan fingerprint density at radius 3 is 2.35 bits per heavy atom. The quantitative estimate of drug-likeness (QED) is 0.610. The maximum absolute atomic E-state index is 12.9. The maximum Gasteiger partial charge on any atom is 0.251 e. The van der Waals surface area contributed by atoms with E-state index in [1.165, 1.54) is 0 Å². The molecule has 0 atom stereocenters. The van der Waals surface area contributed by atoms with E-state index >= 15 is 0 Å². The first-order valence-corrected chi connectivity index (χ1v) is 13.3. The van der Waals surface area contributed by atoms with Gasteiger partial charge in [0.15, 0.2) is 0 Å². The molecule has 2 fully saturated rings. The topological polar surface area (TPSA) is 82.2 Å². The van der Waals surface area contributed by atoms with Crippen LogP contribution in [0.2, 0.25) is 0 Å². The van der Waals surface area contributed by atoms with E-state index in [2.05, 4.69) is 15.1 Å². The largest absolute Gasteiger partial charge is 0.379 e. The Labute approximate surface area is 202 Å². The van der Waals surface area contributed by atoms with E-state index in [-0.39, 0.29) is 5.91 Å². The highest BCUT2D eigenvalue weighted by Crippen LogP contribution is 2.19. The van der Waals surface area contributed by atoms with Crippen LogP contribution < -0.4 is 5.32 Å². The van der Waals surface area contributed by atoms with Crippen LogP contribution in [0.1, 0.15) is 21.5 Å². The molecular weight excluding hydrogens is 452 g/mol. The Morgan fingerprint density at radius 2 is 1.65 bits per heavy atom. The third kappa shape index (κ3) is 6.43.